The third kappa shape index (κ3) is 6.35. The predicted molar refractivity (Wildman–Crippen MR) is 131 cm³/mol. The van der Waals surface area contributed by atoms with Gasteiger partial charge >= 0.3 is 5.97 Å². The first-order valence-corrected chi connectivity index (χ1v) is 13.6. The van der Waals surface area contributed by atoms with E-state index in [1.54, 1.807) is 17.8 Å². The van der Waals surface area contributed by atoms with Crippen molar-refractivity contribution in [2.45, 2.75) is 50.8 Å². The summed E-state index contributed by atoms with van der Waals surface area (Å²) in [6.07, 6.45) is 2.16. The van der Waals surface area contributed by atoms with Crippen LogP contribution in [-0.4, -0.2) is 50.5 Å². The van der Waals surface area contributed by atoms with Crippen LogP contribution < -0.4 is 5.32 Å². The van der Waals surface area contributed by atoms with Crippen molar-refractivity contribution in [3.8, 4) is 0 Å². The molecule has 0 aliphatic rings. The SMILES string of the molecule is CCCSc1cc2nc(C(C)(C)C)n(S(C)(=O)=O)c2cc1NC(=S)SCCC(=O)O. The van der Waals surface area contributed by atoms with E-state index in [0.29, 0.717) is 32.6 Å². The van der Waals surface area contributed by atoms with E-state index in [4.69, 9.17) is 17.3 Å². The smallest absolute Gasteiger partial charge is 0.304 e. The zero-order chi connectivity index (χ0) is 22.7. The molecule has 166 valence electrons. The molecule has 1 aromatic carbocycles. The fraction of sp³-hybridized carbons (Fsp3) is 0.526. The quantitative estimate of drug-likeness (QED) is 0.408. The van der Waals surface area contributed by atoms with Crippen LogP contribution in [-0.2, 0) is 20.2 Å². The van der Waals surface area contributed by atoms with Gasteiger partial charge in [0, 0.05) is 16.1 Å². The second-order valence-electron chi connectivity index (χ2n) is 7.80. The number of nitrogens with one attached hydrogen (secondary N) is 1. The largest absolute Gasteiger partial charge is 0.481 e. The second kappa shape index (κ2) is 9.88. The van der Waals surface area contributed by atoms with E-state index in [1.165, 1.54) is 22.0 Å². The van der Waals surface area contributed by atoms with E-state index < -0.39 is 21.4 Å². The Morgan fingerprint density at radius 2 is 1.97 bits per heavy atom. The van der Waals surface area contributed by atoms with Gasteiger partial charge in [-0.05, 0) is 24.3 Å². The van der Waals surface area contributed by atoms with Crippen molar-refractivity contribution in [2.24, 2.45) is 0 Å². The molecule has 7 nitrogen and oxygen atoms in total. The Morgan fingerprint density at radius 3 is 2.50 bits per heavy atom. The molecular formula is C19H27N3O4S4. The Hall–Kier alpha value is -1.30. The van der Waals surface area contributed by atoms with Crippen molar-refractivity contribution >= 4 is 72.8 Å². The van der Waals surface area contributed by atoms with Crippen LogP contribution in [0.25, 0.3) is 11.0 Å². The Balaban J connectivity index is 2.56. The van der Waals surface area contributed by atoms with Gasteiger partial charge in [-0.15, -0.1) is 11.8 Å². The van der Waals surface area contributed by atoms with Crippen LogP contribution in [0.4, 0.5) is 5.69 Å². The number of carboxylic acid groups (broad SMARTS) is 1. The number of benzene rings is 1. The average molecular weight is 490 g/mol. The molecule has 1 heterocycles. The number of thioether (sulfide) groups is 2. The van der Waals surface area contributed by atoms with Crippen molar-refractivity contribution in [3.05, 3.63) is 18.0 Å². The van der Waals surface area contributed by atoms with Gasteiger partial charge in [0.25, 0.3) is 0 Å². The molecule has 0 saturated heterocycles. The van der Waals surface area contributed by atoms with Crippen LogP contribution in [0, 0.1) is 0 Å². The maximum absolute atomic E-state index is 12.6. The van der Waals surface area contributed by atoms with Gasteiger partial charge < -0.3 is 10.4 Å². The van der Waals surface area contributed by atoms with Crippen LogP contribution in [0.5, 0.6) is 0 Å². The lowest BCUT2D eigenvalue weighted by Gasteiger charge is -2.19. The molecule has 30 heavy (non-hydrogen) atoms. The maximum atomic E-state index is 12.6. The van der Waals surface area contributed by atoms with Crippen LogP contribution in [0.2, 0.25) is 0 Å². The molecule has 0 radical (unpaired) electrons. The number of thiocarbonyl (C=S) groups is 1. The minimum Gasteiger partial charge on any atom is -0.481 e. The van der Waals surface area contributed by atoms with Gasteiger partial charge in [-0.2, -0.15) is 0 Å². The van der Waals surface area contributed by atoms with E-state index in [9.17, 15) is 13.2 Å². The highest BCUT2D eigenvalue weighted by Gasteiger charge is 2.28. The van der Waals surface area contributed by atoms with Gasteiger partial charge in [-0.25, -0.2) is 17.4 Å². The van der Waals surface area contributed by atoms with Crippen molar-refractivity contribution in [2.75, 3.05) is 23.1 Å². The van der Waals surface area contributed by atoms with Gasteiger partial charge in [0.15, 0.2) is 0 Å². The zero-order valence-electron chi connectivity index (χ0n) is 17.7. The number of hydrogen-bond acceptors (Lipinski definition) is 7. The fourth-order valence-electron chi connectivity index (χ4n) is 2.70. The van der Waals surface area contributed by atoms with Gasteiger partial charge in [-0.1, -0.05) is 51.7 Å². The molecule has 2 rings (SSSR count). The first kappa shape index (κ1) is 25.0. The van der Waals surface area contributed by atoms with Gasteiger partial charge in [0.1, 0.15) is 10.1 Å². The van der Waals surface area contributed by atoms with E-state index in [0.717, 1.165) is 17.1 Å². The number of hydrogen-bond donors (Lipinski definition) is 2. The predicted octanol–water partition coefficient (Wildman–Crippen LogP) is 4.55. The number of imidazole rings is 1. The monoisotopic (exact) mass is 489 g/mol. The van der Waals surface area contributed by atoms with Gasteiger partial charge in [0.05, 0.1) is 29.4 Å². The molecule has 0 saturated carbocycles. The van der Waals surface area contributed by atoms with Gasteiger partial charge in [0.2, 0.25) is 10.0 Å². The third-order valence-electron chi connectivity index (χ3n) is 3.96. The highest BCUT2D eigenvalue weighted by molar-refractivity contribution is 8.23. The summed E-state index contributed by atoms with van der Waals surface area (Å²) in [6.45, 7) is 7.86. The molecule has 1 aromatic heterocycles. The first-order chi connectivity index (χ1) is 13.8. The van der Waals surface area contributed by atoms with Crippen molar-refractivity contribution in [3.63, 3.8) is 0 Å². The number of rotatable bonds is 8. The van der Waals surface area contributed by atoms with Crippen LogP contribution in [0.1, 0.15) is 46.4 Å². The number of fused-ring (bicyclic) bond motifs is 1. The summed E-state index contributed by atoms with van der Waals surface area (Å²) in [5, 5.41) is 12.0. The molecule has 2 aromatic rings. The maximum Gasteiger partial charge on any atom is 0.304 e. The van der Waals surface area contributed by atoms with Crippen molar-refractivity contribution < 1.29 is 18.3 Å². The lowest BCUT2D eigenvalue weighted by molar-refractivity contribution is -0.136. The molecule has 0 aliphatic carbocycles. The summed E-state index contributed by atoms with van der Waals surface area (Å²) in [5.41, 5.74) is 1.33. The highest BCUT2D eigenvalue weighted by Crippen LogP contribution is 2.36. The van der Waals surface area contributed by atoms with Gasteiger partial charge in [-0.3, -0.25) is 4.79 Å². The molecule has 0 aliphatic heterocycles. The molecule has 2 N–H and O–H groups in total. The third-order valence-corrected chi connectivity index (χ3v) is 7.49. The average Bonchev–Trinajstić information content (AvgIpc) is 2.98. The second-order valence-corrected chi connectivity index (χ2v) is 12.5. The molecular weight excluding hydrogens is 462 g/mol. The number of nitrogens with zero attached hydrogens (tertiary/aromatic N) is 2. The highest BCUT2D eigenvalue weighted by atomic mass is 32.2. The Morgan fingerprint density at radius 1 is 1.30 bits per heavy atom. The lowest BCUT2D eigenvalue weighted by Crippen LogP contribution is -2.23. The van der Waals surface area contributed by atoms with Crippen LogP contribution in [0.3, 0.4) is 0 Å². The normalized spacial score (nSPS) is 12.3. The lowest BCUT2D eigenvalue weighted by atomic mass is 9.96. The Kier molecular flexibility index (Phi) is 8.22. The van der Waals surface area contributed by atoms with E-state index in [1.807, 2.05) is 26.8 Å². The summed E-state index contributed by atoms with van der Waals surface area (Å²) in [5.74, 6) is 0.841. The number of aliphatic carboxylic acids is 1. The topological polar surface area (TPSA) is 101 Å². The fourth-order valence-corrected chi connectivity index (χ4v) is 5.72. The molecule has 0 unspecified atom stereocenters. The van der Waals surface area contributed by atoms with Crippen molar-refractivity contribution in [1.82, 2.24) is 8.96 Å². The van der Waals surface area contributed by atoms with Crippen molar-refractivity contribution in [1.29, 1.82) is 0 Å². The number of carbonyl (C=O) groups is 1. The first-order valence-electron chi connectivity index (χ1n) is 9.40. The van der Waals surface area contributed by atoms with E-state index in [-0.39, 0.29) is 6.42 Å². The number of aromatic nitrogens is 2. The minimum absolute atomic E-state index is 0.0127. The van der Waals surface area contributed by atoms with Crippen LogP contribution >= 0.6 is 35.7 Å². The van der Waals surface area contributed by atoms with Crippen LogP contribution in [0.15, 0.2) is 17.0 Å². The standard InChI is InChI=1S/C19H27N3O4S4/c1-6-8-28-15-11-12-14(10-13(15)21-18(27)29-9-7-16(23)24)22(30(5,25)26)17(20-12)19(2,3)4/h10-11H,6-9H2,1-5H3,(H,21,27)(H,23,24). The number of carboxylic acids is 1. The van der Waals surface area contributed by atoms with E-state index >= 15 is 0 Å². The molecule has 0 amide bonds. The summed E-state index contributed by atoms with van der Waals surface area (Å²) in [4.78, 5) is 16.3. The summed E-state index contributed by atoms with van der Waals surface area (Å²) < 4.78 is 26.9. The minimum atomic E-state index is -3.58. The summed E-state index contributed by atoms with van der Waals surface area (Å²) in [6, 6.07) is 3.65. The Labute approximate surface area is 191 Å². The Bertz CT molecular complexity index is 1060. The summed E-state index contributed by atoms with van der Waals surface area (Å²) >= 11 is 8.25. The zero-order valence-corrected chi connectivity index (χ0v) is 20.9. The summed E-state index contributed by atoms with van der Waals surface area (Å²) in [7, 11) is -3.58. The number of anilines is 1. The molecule has 0 atom stereocenters. The van der Waals surface area contributed by atoms with E-state index in [2.05, 4.69) is 17.2 Å². The molecule has 0 bridgehead atoms. The molecule has 0 fully saturated rings. The molecule has 11 heteroatoms. The molecule has 0 spiro atoms.